The molecule has 0 aliphatic rings. The van der Waals surface area contributed by atoms with Crippen LogP contribution in [0.25, 0.3) is 9.75 Å². The van der Waals surface area contributed by atoms with Crippen molar-refractivity contribution in [3.63, 3.8) is 0 Å². The van der Waals surface area contributed by atoms with Crippen LogP contribution in [0.15, 0.2) is 12.1 Å². The van der Waals surface area contributed by atoms with Crippen LogP contribution in [-0.2, 0) is 5.41 Å². The van der Waals surface area contributed by atoms with Gasteiger partial charge in [-0.3, -0.25) is 0 Å². The van der Waals surface area contributed by atoms with Crippen molar-refractivity contribution in [2.75, 3.05) is 0 Å². The summed E-state index contributed by atoms with van der Waals surface area (Å²) in [4.78, 5) is 18.5. The van der Waals surface area contributed by atoms with E-state index in [-0.39, 0.29) is 11.1 Å². The Morgan fingerprint density at radius 1 is 1.28 bits per heavy atom. The van der Waals surface area contributed by atoms with E-state index in [4.69, 9.17) is 0 Å². The topological polar surface area (TPSA) is 50.2 Å². The third-order valence-corrected chi connectivity index (χ3v) is 5.10. The van der Waals surface area contributed by atoms with Gasteiger partial charge in [-0.2, -0.15) is 0 Å². The van der Waals surface area contributed by atoms with E-state index in [2.05, 4.69) is 4.98 Å². The predicted molar refractivity (Wildman–Crippen MR) is 75.8 cm³/mol. The molecule has 0 atom stereocenters. The number of hydrogen-bond donors (Lipinski definition) is 1. The van der Waals surface area contributed by atoms with Crippen molar-refractivity contribution in [1.82, 2.24) is 4.98 Å². The summed E-state index contributed by atoms with van der Waals surface area (Å²) >= 11 is 3.08. The fourth-order valence-electron chi connectivity index (χ4n) is 1.51. The monoisotopic (exact) mass is 281 g/mol. The number of aromatic carboxylic acids is 1. The van der Waals surface area contributed by atoms with Gasteiger partial charge in [-0.25, -0.2) is 9.78 Å². The molecule has 0 fully saturated rings. The van der Waals surface area contributed by atoms with Crippen LogP contribution in [0.2, 0.25) is 0 Å². The lowest BCUT2D eigenvalue weighted by Crippen LogP contribution is -2.11. The molecule has 18 heavy (non-hydrogen) atoms. The van der Waals surface area contributed by atoms with E-state index < -0.39 is 5.97 Å². The van der Waals surface area contributed by atoms with Crippen molar-refractivity contribution in [1.29, 1.82) is 0 Å². The molecule has 2 rings (SSSR count). The van der Waals surface area contributed by atoms with E-state index in [9.17, 15) is 9.90 Å². The van der Waals surface area contributed by atoms with E-state index in [1.165, 1.54) is 16.2 Å². The molecule has 1 N–H and O–H groups in total. The van der Waals surface area contributed by atoms with Gasteiger partial charge in [0, 0.05) is 15.2 Å². The molecular weight excluding hydrogens is 266 g/mol. The molecule has 2 aromatic rings. The average molecular weight is 281 g/mol. The van der Waals surface area contributed by atoms with Gasteiger partial charge in [0.2, 0.25) is 0 Å². The Hall–Kier alpha value is -1.20. The van der Waals surface area contributed by atoms with Gasteiger partial charge in [0.05, 0.1) is 9.88 Å². The fourth-order valence-corrected chi connectivity index (χ4v) is 3.60. The minimum absolute atomic E-state index is 0.126. The van der Waals surface area contributed by atoms with Crippen LogP contribution in [0.3, 0.4) is 0 Å². The molecule has 0 aliphatic heterocycles. The van der Waals surface area contributed by atoms with Crippen LogP contribution < -0.4 is 0 Å². The number of carbonyl (C=O) groups is 1. The Labute approximate surface area is 114 Å². The second-order valence-electron chi connectivity index (χ2n) is 5.16. The van der Waals surface area contributed by atoms with Gasteiger partial charge in [0.15, 0.2) is 5.69 Å². The predicted octanol–water partition coefficient (Wildman–Crippen LogP) is 4.18. The van der Waals surface area contributed by atoms with Crippen molar-refractivity contribution in [2.45, 2.75) is 33.1 Å². The second kappa shape index (κ2) is 4.48. The first-order valence-electron chi connectivity index (χ1n) is 5.60. The molecule has 0 saturated heterocycles. The first kappa shape index (κ1) is 13.2. The Kier molecular flexibility index (Phi) is 3.29. The smallest absolute Gasteiger partial charge is 0.356 e. The van der Waals surface area contributed by atoms with Crippen LogP contribution in [0, 0.1) is 6.92 Å². The fraction of sp³-hybridized carbons (Fsp3) is 0.385. The van der Waals surface area contributed by atoms with Crippen LogP contribution in [0.5, 0.6) is 0 Å². The van der Waals surface area contributed by atoms with Crippen LogP contribution in [0.4, 0.5) is 0 Å². The molecule has 5 heteroatoms. The molecule has 0 saturated carbocycles. The lowest BCUT2D eigenvalue weighted by molar-refractivity contribution is 0.0692. The molecule has 2 heterocycles. The first-order valence-corrected chi connectivity index (χ1v) is 7.24. The summed E-state index contributed by atoms with van der Waals surface area (Å²) in [6, 6.07) is 3.97. The van der Waals surface area contributed by atoms with E-state index in [1.807, 2.05) is 39.8 Å². The molecular formula is C13H15NO2S2. The SMILES string of the molecule is Cc1ccc(-c2sc(C(C)(C)C)nc2C(=O)O)s1. The summed E-state index contributed by atoms with van der Waals surface area (Å²) in [6.45, 7) is 8.14. The summed E-state index contributed by atoms with van der Waals surface area (Å²) < 4.78 is 0. The highest BCUT2D eigenvalue weighted by Crippen LogP contribution is 2.38. The zero-order valence-electron chi connectivity index (χ0n) is 10.8. The number of carboxylic acid groups (broad SMARTS) is 1. The molecule has 0 aliphatic carbocycles. The van der Waals surface area contributed by atoms with Gasteiger partial charge in [-0.15, -0.1) is 22.7 Å². The molecule has 0 spiro atoms. The van der Waals surface area contributed by atoms with Crippen LogP contribution in [0.1, 0.15) is 41.1 Å². The van der Waals surface area contributed by atoms with Crippen molar-refractivity contribution in [2.24, 2.45) is 0 Å². The number of aromatic nitrogens is 1. The van der Waals surface area contributed by atoms with Crippen molar-refractivity contribution >= 4 is 28.6 Å². The zero-order valence-corrected chi connectivity index (χ0v) is 12.4. The molecule has 3 nitrogen and oxygen atoms in total. The lowest BCUT2D eigenvalue weighted by atomic mass is 9.98. The molecule has 0 unspecified atom stereocenters. The molecule has 0 radical (unpaired) electrons. The minimum Gasteiger partial charge on any atom is -0.476 e. The number of thiophene rings is 1. The van der Waals surface area contributed by atoms with Crippen LogP contribution in [-0.4, -0.2) is 16.1 Å². The van der Waals surface area contributed by atoms with Crippen molar-refractivity contribution in [3.05, 3.63) is 27.7 Å². The number of nitrogens with zero attached hydrogens (tertiary/aromatic N) is 1. The number of thiazole rings is 1. The van der Waals surface area contributed by atoms with Gasteiger partial charge in [-0.1, -0.05) is 20.8 Å². The molecule has 0 amide bonds. The quantitative estimate of drug-likeness (QED) is 0.898. The number of aryl methyl sites for hydroxylation is 1. The first-order chi connectivity index (χ1) is 8.29. The van der Waals surface area contributed by atoms with Gasteiger partial charge in [-0.05, 0) is 19.1 Å². The third-order valence-electron chi connectivity index (χ3n) is 2.44. The maximum atomic E-state index is 11.3. The van der Waals surface area contributed by atoms with Crippen LogP contribution >= 0.6 is 22.7 Å². The van der Waals surface area contributed by atoms with E-state index in [0.717, 1.165) is 14.8 Å². The number of hydrogen-bond acceptors (Lipinski definition) is 4. The van der Waals surface area contributed by atoms with Crippen molar-refractivity contribution in [3.8, 4) is 9.75 Å². The average Bonchev–Trinajstić information content (AvgIpc) is 2.81. The van der Waals surface area contributed by atoms with E-state index in [0.29, 0.717) is 0 Å². The highest BCUT2D eigenvalue weighted by atomic mass is 32.1. The number of rotatable bonds is 2. The summed E-state index contributed by atoms with van der Waals surface area (Å²) in [7, 11) is 0. The summed E-state index contributed by atoms with van der Waals surface area (Å²) in [5.41, 5.74) is 0.0474. The highest BCUT2D eigenvalue weighted by molar-refractivity contribution is 7.22. The third kappa shape index (κ3) is 2.47. The Bertz CT molecular complexity index is 590. The zero-order chi connectivity index (χ0) is 13.5. The molecule has 96 valence electrons. The minimum atomic E-state index is -0.956. The maximum absolute atomic E-state index is 11.3. The maximum Gasteiger partial charge on any atom is 0.356 e. The van der Waals surface area contributed by atoms with Gasteiger partial charge >= 0.3 is 5.97 Å². The van der Waals surface area contributed by atoms with Gasteiger partial charge in [0.1, 0.15) is 0 Å². The second-order valence-corrected chi connectivity index (χ2v) is 7.45. The van der Waals surface area contributed by atoms with E-state index >= 15 is 0 Å². The van der Waals surface area contributed by atoms with E-state index in [1.54, 1.807) is 11.3 Å². The molecule has 2 aromatic heterocycles. The molecule has 0 aromatic carbocycles. The van der Waals surface area contributed by atoms with Gasteiger partial charge < -0.3 is 5.11 Å². The number of carboxylic acids is 1. The van der Waals surface area contributed by atoms with Gasteiger partial charge in [0.25, 0.3) is 0 Å². The summed E-state index contributed by atoms with van der Waals surface area (Å²) in [5, 5.41) is 10.1. The largest absolute Gasteiger partial charge is 0.476 e. The normalized spacial score (nSPS) is 11.8. The Morgan fingerprint density at radius 2 is 1.94 bits per heavy atom. The highest BCUT2D eigenvalue weighted by Gasteiger charge is 2.25. The lowest BCUT2D eigenvalue weighted by Gasteiger charge is -2.13. The van der Waals surface area contributed by atoms with Crippen molar-refractivity contribution < 1.29 is 9.90 Å². The summed E-state index contributed by atoms with van der Waals surface area (Å²) in [5.74, 6) is -0.956. The summed E-state index contributed by atoms with van der Waals surface area (Å²) in [6.07, 6.45) is 0. The molecule has 0 bridgehead atoms. The standard InChI is InChI=1S/C13H15NO2S2/c1-7-5-6-8(17-7)10-9(11(15)16)14-12(18-10)13(2,3)4/h5-6H,1-4H3,(H,15,16). The Balaban J connectivity index is 2.59. The Morgan fingerprint density at radius 3 is 2.39 bits per heavy atom.